The SMILES string of the molecule is C=C(C)C(=O)O.CC1CCC=CO1. The van der Waals surface area contributed by atoms with E-state index in [1.807, 2.05) is 0 Å². The number of carboxylic acid groups (broad SMARTS) is 1. The van der Waals surface area contributed by atoms with Gasteiger partial charge in [-0.1, -0.05) is 6.58 Å². The fourth-order valence-corrected chi connectivity index (χ4v) is 0.657. The Kier molecular flexibility index (Phi) is 5.68. The van der Waals surface area contributed by atoms with Crippen LogP contribution in [-0.2, 0) is 9.53 Å². The molecule has 0 aliphatic carbocycles. The van der Waals surface area contributed by atoms with Crippen LogP contribution in [0.4, 0.5) is 0 Å². The molecule has 0 bridgehead atoms. The quantitative estimate of drug-likeness (QED) is 0.636. The Bertz CT molecular complexity index is 194. The summed E-state index contributed by atoms with van der Waals surface area (Å²) in [6.07, 6.45) is 6.65. The van der Waals surface area contributed by atoms with Gasteiger partial charge in [0.15, 0.2) is 0 Å². The summed E-state index contributed by atoms with van der Waals surface area (Å²) in [5, 5.41) is 7.89. The van der Waals surface area contributed by atoms with Gasteiger partial charge in [-0.15, -0.1) is 0 Å². The maximum atomic E-state index is 9.60. The Morgan fingerprint density at radius 3 is 2.38 bits per heavy atom. The molecule has 0 saturated heterocycles. The Morgan fingerprint density at radius 2 is 2.23 bits per heavy atom. The lowest BCUT2D eigenvalue weighted by atomic mass is 10.2. The normalized spacial score (nSPS) is 19.4. The number of hydrogen-bond donors (Lipinski definition) is 1. The molecule has 1 unspecified atom stereocenters. The van der Waals surface area contributed by atoms with Crippen molar-refractivity contribution in [3.63, 3.8) is 0 Å². The average Bonchev–Trinajstić information content (AvgIpc) is 2.06. The number of hydrogen-bond acceptors (Lipinski definition) is 2. The van der Waals surface area contributed by atoms with Crippen molar-refractivity contribution in [3.8, 4) is 0 Å². The van der Waals surface area contributed by atoms with E-state index in [1.54, 1.807) is 6.26 Å². The molecule has 0 amide bonds. The molecule has 1 atom stereocenters. The summed E-state index contributed by atoms with van der Waals surface area (Å²) in [5.41, 5.74) is 0.176. The molecule has 74 valence electrons. The van der Waals surface area contributed by atoms with Crippen LogP contribution < -0.4 is 0 Å². The second-order valence-electron chi connectivity index (χ2n) is 2.98. The first-order chi connectivity index (χ1) is 6.04. The molecule has 1 aliphatic heterocycles. The molecular formula is C10H16O3. The fraction of sp³-hybridized carbons (Fsp3) is 0.500. The van der Waals surface area contributed by atoms with Gasteiger partial charge < -0.3 is 9.84 Å². The van der Waals surface area contributed by atoms with Crippen LogP contribution >= 0.6 is 0 Å². The van der Waals surface area contributed by atoms with Crippen molar-refractivity contribution in [2.24, 2.45) is 0 Å². The lowest BCUT2D eigenvalue weighted by Gasteiger charge is -2.12. The number of allylic oxidation sites excluding steroid dienone is 1. The minimum atomic E-state index is -0.935. The van der Waals surface area contributed by atoms with Crippen LogP contribution in [-0.4, -0.2) is 17.2 Å². The van der Waals surface area contributed by atoms with Gasteiger partial charge in [-0.25, -0.2) is 4.79 Å². The van der Waals surface area contributed by atoms with Crippen molar-refractivity contribution in [2.75, 3.05) is 0 Å². The topological polar surface area (TPSA) is 46.5 Å². The molecule has 1 rings (SSSR count). The predicted octanol–water partition coefficient (Wildman–Crippen LogP) is 2.35. The Balaban J connectivity index is 0.000000226. The first kappa shape index (κ1) is 11.8. The van der Waals surface area contributed by atoms with E-state index in [0.717, 1.165) is 0 Å². The summed E-state index contributed by atoms with van der Waals surface area (Å²) in [4.78, 5) is 9.60. The molecule has 3 heteroatoms. The third kappa shape index (κ3) is 7.12. The van der Waals surface area contributed by atoms with Gasteiger partial charge in [-0.05, 0) is 32.8 Å². The van der Waals surface area contributed by atoms with Crippen LogP contribution in [0.5, 0.6) is 0 Å². The van der Waals surface area contributed by atoms with Gasteiger partial charge in [-0.3, -0.25) is 0 Å². The number of carboxylic acids is 1. The van der Waals surface area contributed by atoms with Crippen LogP contribution in [0.3, 0.4) is 0 Å². The van der Waals surface area contributed by atoms with E-state index in [0.29, 0.717) is 6.10 Å². The molecule has 0 spiro atoms. The van der Waals surface area contributed by atoms with Crippen molar-refractivity contribution in [1.29, 1.82) is 0 Å². The highest BCUT2D eigenvalue weighted by Gasteiger charge is 2.00. The molecule has 0 saturated carbocycles. The van der Waals surface area contributed by atoms with Gasteiger partial charge in [0.1, 0.15) is 0 Å². The first-order valence-electron chi connectivity index (χ1n) is 4.23. The molecule has 0 aromatic rings. The van der Waals surface area contributed by atoms with Gasteiger partial charge in [0.2, 0.25) is 0 Å². The van der Waals surface area contributed by atoms with Gasteiger partial charge >= 0.3 is 5.97 Å². The molecule has 1 heterocycles. The Hall–Kier alpha value is -1.25. The maximum absolute atomic E-state index is 9.60. The van der Waals surface area contributed by atoms with Crippen LogP contribution in [0.25, 0.3) is 0 Å². The zero-order chi connectivity index (χ0) is 10.3. The molecule has 0 radical (unpaired) electrons. The first-order valence-corrected chi connectivity index (χ1v) is 4.23. The van der Waals surface area contributed by atoms with Crippen molar-refractivity contribution in [3.05, 3.63) is 24.5 Å². The molecule has 0 aromatic carbocycles. The van der Waals surface area contributed by atoms with E-state index in [1.165, 1.54) is 19.8 Å². The monoisotopic (exact) mass is 184 g/mol. The summed E-state index contributed by atoms with van der Waals surface area (Å²) >= 11 is 0. The maximum Gasteiger partial charge on any atom is 0.330 e. The summed E-state index contributed by atoms with van der Waals surface area (Å²) in [7, 11) is 0. The van der Waals surface area contributed by atoms with Crippen molar-refractivity contribution in [1.82, 2.24) is 0 Å². The zero-order valence-electron chi connectivity index (χ0n) is 8.12. The van der Waals surface area contributed by atoms with E-state index >= 15 is 0 Å². The summed E-state index contributed by atoms with van der Waals surface area (Å²) in [6.45, 7) is 6.69. The van der Waals surface area contributed by atoms with Crippen molar-refractivity contribution >= 4 is 5.97 Å². The Morgan fingerprint density at radius 1 is 1.69 bits per heavy atom. The highest BCUT2D eigenvalue weighted by Crippen LogP contribution is 2.07. The average molecular weight is 184 g/mol. The third-order valence-electron chi connectivity index (χ3n) is 1.51. The molecule has 3 nitrogen and oxygen atoms in total. The fourth-order valence-electron chi connectivity index (χ4n) is 0.657. The lowest BCUT2D eigenvalue weighted by Crippen LogP contribution is -2.05. The number of ether oxygens (including phenoxy) is 1. The number of aliphatic carboxylic acids is 1. The van der Waals surface area contributed by atoms with Gasteiger partial charge in [-0.2, -0.15) is 0 Å². The highest BCUT2D eigenvalue weighted by molar-refractivity contribution is 5.84. The van der Waals surface area contributed by atoms with E-state index in [9.17, 15) is 4.79 Å². The van der Waals surface area contributed by atoms with E-state index in [4.69, 9.17) is 9.84 Å². The second kappa shape index (κ2) is 6.29. The summed E-state index contributed by atoms with van der Waals surface area (Å²) in [6, 6.07) is 0. The minimum absolute atomic E-state index is 0.176. The molecule has 0 fully saturated rings. The molecule has 1 N–H and O–H groups in total. The van der Waals surface area contributed by atoms with E-state index < -0.39 is 5.97 Å². The third-order valence-corrected chi connectivity index (χ3v) is 1.51. The van der Waals surface area contributed by atoms with Gasteiger partial charge in [0.25, 0.3) is 0 Å². The predicted molar refractivity (Wildman–Crippen MR) is 51.4 cm³/mol. The molecular weight excluding hydrogens is 168 g/mol. The summed E-state index contributed by atoms with van der Waals surface area (Å²) in [5.74, 6) is -0.935. The zero-order valence-corrected chi connectivity index (χ0v) is 8.12. The molecule has 13 heavy (non-hydrogen) atoms. The smallest absolute Gasteiger partial charge is 0.330 e. The number of carbonyl (C=O) groups is 1. The van der Waals surface area contributed by atoms with E-state index in [-0.39, 0.29) is 5.57 Å². The van der Waals surface area contributed by atoms with Gasteiger partial charge in [0.05, 0.1) is 12.4 Å². The van der Waals surface area contributed by atoms with Crippen LogP contribution in [0, 0.1) is 0 Å². The van der Waals surface area contributed by atoms with Gasteiger partial charge in [0, 0.05) is 5.57 Å². The van der Waals surface area contributed by atoms with E-state index in [2.05, 4.69) is 19.6 Å². The van der Waals surface area contributed by atoms with Crippen LogP contribution in [0.1, 0.15) is 26.7 Å². The Labute approximate surface area is 78.7 Å². The standard InChI is InChI=1S/C6H10O.C4H6O2/c1-6-4-2-3-5-7-6;1-3(2)4(5)6/h3,5-6H,2,4H2,1H3;1H2,2H3,(H,5,6). The number of rotatable bonds is 1. The highest BCUT2D eigenvalue weighted by atomic mass is 16.5. The summed E-state index contributed by atoms with van der Waals surface area (Å²) < 4.78 is 5.10. The van der Waals surface area contributed by atoms with Crippen molar-refractivity contribution < 1.29 is 14.6 Å². The minimum Gasteiger partial charge on any atom is -0.499 e. The van der Waals surface area contributed by atoms with Crippen LogP contribution in [0.2, 0.25) is 0 Å². The van der Waals surface area contributed by atoms with Crippen LogP contribution in [0.15, 0.2) is 24.5 Å². The molecule has 0 aromatic heterocycles. The molecule has 1 aliphatic rings. The largest absolute Gasteiger partial charge is 0.499 e. The lowest BCUT2D eigenvalue weighted by molar-refractivity contribution is -0.132. The second-order valence-corrected chi connectivity index (χ2v) is 2.98. The van der Waals surface area contributed by atoms with Crippen molar-refractivity contribution in [2.45, 2.75) is 32.8 Å².